The topological polar surface area (TPSA) is 59.1 Å². The molecule has 1 aliphatic rings. The maximum atomic E-state index is 11.8. The highest BCUT2D eigenvalue weighted by molar-refractivity contribution is 5.96. The van der Waals surface area contributed by atoms with Crippen LogP contribution in [0.15, 0.2) is 30.3 Å². The number of aryl methyl sites for hydroxylation is 1. The molecule has 6 nitrogen and oxygen atoms in total. The number of hydrogen-bond acceptors (Lipinski definition) is 6. The Morgan fingerprint density at radius 3 is 2.50 bits per heavy atom. The fraction of sp³-hybridized carbons (Fsp3) is 0.600. The van der Waals surface area contributed by atoms with Crippen LogP contribution in [0.5, 0.6) is 0 Å². The average Bonchev–Trinajstić information content (AvgIpc) is 2.65. The van der Waals surface area contributed by atoms with Crippen molar-refractivity contribution < 1.29 is 19.1 Å². The molecule has 144 valence electrons. The Morgan fingerprint density at radius 1 is 1.04 bits per heavy atom. The smallest absolute Gasteiger partial charge is 0.313 e. The number of likely N-dealkylation sites (N-methyl/N-ethyl adjacent to an activating group) is 1. The predicted octanol–water partition coefficient (Wildman–Crippen LogP) is 1.39. The van der Waals surface area contributed by atoms with Crippen molar-refractivity contribution in [2.45, 2.75) is 19.3 Å². The molecule has 1 heterocycles. The highest BCUT2D eigenvalue weighted by atomic mass is 16.5. The van der Waals surface area contributed by atoms with E-state index in [1.165, 1.54) is 5.56 Å². The van der Waals surface area contributed by atoms with Gasteiger partial charge >= 0.3 is 5.97 Å². The summed E-state index contributed by atoms with van der Waals surface area (Å²) in [5.41, 5.74) is 1.22. The Balaban J connectivity index is 1.46. The van der Waals surface area contributed by atoms with Gasteiger partial charge in [0.1, 0.15) is 13.0 Å². The van der Waals surface area contributed by atoms with Gasteiger partial charge in [0.05, 0.1) is 13.2 Å². The van der Waals surface area contributed by atoms with Gasteiger partial charge in [-0.05, 0) is 25.5 Å². The van der Waals surface area contributed by atoms with E-state index >= 15 is 0 Å². The lowest BCUT2D eigenvalue weighted by atomic mass is 10.1. The first kappa shape index (κ1) is 20.6. The first-order chi connectivity index (χ1) is 12.6. The lowest BCUT2D eigenvalue weighted by Crippen LogP contribution is -2.45. The van der Waals surface area contributed by atoms with Gasteiger partial charge in [-0.1, -0.05) is 30.3 Å². The molecule has 0 bridgehead atoms. The van der Waals surface area contributed by atoms with Gasteiger partial charge in [-0.25, -0.2) is 0 Å². The Labute approximate surface area is 156 Å². The van der Waals surface area contributed by atoms with Crippen LogP contribution in [0, 0.1) is 0 Å². The van der Waals surface area contributed by atoms with Gasteiger partial charge < -0.3 is 14.4 Å². The van der Waals surface area contributed by atoms with Gasteiger partial charge in [-0.3, -0.25) is 14.5 Å². The number of Topliss-reactive ketones (excluding diaryl/α,β-unsaturated/α-hetero) is 1. The van der Waals surface area contributed by atoms with E-state index in [4.69, 9.17) is 9.47 Å². The van der Waals surface area contributed by atoms with Crippen molar-refractivity contribution in [3.05, 3.63) is 35.9 Å². The lowest BCUT2D eigenvalue weighted by molar-refractivity contribution is -0.147. The molecule has 2 rings (SSSR count). The zero-order chi connectivity index (χ0) is 18.6. The van der Waals surface area contributed by atoms with Gasteiger partial charge in [0.25, 0.3) is 0 Å². The number of carbonyl (C=O) groups excluding carboxylic acids is 2. The second-order valence-electron chi connectivity index (χ2n) is 6.72. The molecule has 6 heteroatoms. The minimum atomic E-state index is -0.467. The van der Waals surface area contributed by atoms with Gasteiger partial charge in [-0.2, -0.15) is 0 Å². The third-order valence-corrected chi connectivity index (χ3v) is 4.47. The molecule has 1 fully saturated rings. The summed E-state index contributed by atoms with van der Waals surface area (Å²) < 4.78 is 10.5. The van der Waals surface area contributed by atoms with E-state index in [9.17, 15) is 9.59 Å². The summed E-state index contributed by atoms with van der Waals surface area (Å²) in [5, 5.41) is 0. The Bertz CT molecular complexity index is 542. The molecular formula is C20H30N2O4. The van der Waals surface area contributed by atoms with Crippen LogP contribution in [-0.4, -0.2) is 81.1 Å². The SMILES string of the molecule is CN1CCN(CCOCC(=O)CC(=O)OCCCc2ccccc2)CC1. The number of nitrogens with zero attached hydrogens (tertiary/aromatic N) is 2. The molecule has 0 amide bonds. The van der Waals surface area contributed by atoms with Crippen molar-refractivity contribution in [1.29, 1.82) is 0 Å². The molecular weight excluding hydrogens is 332 g/mol. The first-order valence-corrected chi connectivity index (χ1v) is 9.33. The van der Waals surface area contributed by atoms with Crippen LogP contribution in [0.4, 0.5) is 0 Å². The Morgan fingerprint density at radius 2 is 1.77 bits per heavy atom. The van der Waals surface area contributed by atoms with Gasteiger partial charge in [0, 0.05) is 32.7 Å². The molecule has 0 radical (unpaired) electrons. The van der Waals surface area contributed by atoms with Crippen molar-refractivity contribution in [2.24, 2.45) is 0 Å². The molecule has 0 atom stereocenters. The normalized spacial score (nSPS) is 15.7. The molecule has 1 aliphatic heterocycles. The number of carbonyl (C=O) groups is 2. The first-order valence-electron chi connectivity index (χ1n) is 9.33. The Hall–Kier alpha value is -1.76. The highest BCUT2D eigenvalue weighted by Crippen LogP contribution is 2.03. The summed E-state index contributed by atoms with van der Waals surface area (Å²) in [6.45, 7) is 5.85. The van der Waals surface area contributed by atoms with Crippen molar-refractivity contribution in [1.82, 2.24) is 9.80 Å². The zero-order valence-electron chi connectivity index (χ0n) is 15.7. The van der Waals surface area contributed by atoms with E-state index in [2.05, 4.69) is 16.8 Å². The third-order valence-electron chi connectivity index (χ3n) is 4.47. The second kappa shape index (κ2) is 11.8. The maximum absolute atomic E-state index is 11.8. The molecule has 0 spiro atoms. The molecule has 1 aromatic rings. The van der Waals surface area contributed by atoms with Crippen LogP contribution in [0.2, 0.25) is 0 Å². The second-order valence-corrected chi connectivity index (χ2v) is 6.72. The fourth-order valence-electron chi connectivity index (χ4n) is 2.82. The van der Waals surface area contributed by atoms with E-state index < -0.39 is 5.97 Å². The quantitative estimate of drug-likeness (QED) is 0.337. The van der Waals surface area contributed by atoms with Crippen molar-refractivity contribution in [3.8, 4) is 0 Å². The number of piperazine rings is 1. The number of ketones is 1. The highest BCUT2D eigenvalue weighted by Gasteiger charge is 2.14. The largest absolute Gasteiger partial charge is 0.465 e. The van der Waals surface area contributed by atoms with Gasteiger partial charge in [-0.15, -0.1) is 0 Å². The van der Waals surface area contributed by atoms with Crippen LogP contribution < -0.4 is 0 Å². The molecule has 0 aliphatic carbocycles. The number of hydrogen-bond donors (Lipinski definition) is 0. The van der Waals surface area contributed by atoms with E-state index in [-0.39, 0.29) is 18.8 Å². The van der Waals surface area contributed by atoms with E-state index in [1.807, 2.05) is 30.3 Å². The molecule has 0 saturated carbocycles. The van der Waals surface area contributed by atoms with Gasteiger partial charge in [0.15, 0.2) is 5.78 Å². The van der Waals surface area contributed by atoms with Crippen LogP contribution in [-0.2, 0) is 25.5 Å². The summed E-state index contributed by atoms with van der Waals surface area (Å²) in [7, 11) is 2.12. The molecule has 0 N–H and O–H groups in total. The number of ether oxygens (including phenoxy) is 2. The third kappa shape index (κ3) is 8.56. The van der Waals surface area contributed by atoms with E-state index in [0.717, 1.165) is 45.6 Å². The summed E-state index contributed by atoms with van der Waals surface area (Å²) in [5.74, 6) is -0.692. The van der Waals surface area contributed by atoms with Crippen molar-refractivity contribution in [2.75, 3.05) is 59.6 Å². The Kier molecular flexibility index (Phi) is 9.31. The van der Waals surface area contributed by atoms with Crippen LogP contribution in [0.25, 0.3) is 0 Å². The number of benzene rings is 1. The summed E-state index contributed by atoms with van der Waals surface area (Å²) in [6, 6.07) is 10.0. The minimum Gasteiger partial charge on any atom is -0.465 e. The summed E-state index contributed by atoms with van der Waals surface area (Å²) in [6.07, 6.45) is 1.41. The molecule has 0 unspecified atom stereocenters. The predicted molar refractivity (Wildman–Crippen MR) is 100 cm³/mol. The van der Waals surface area contributed by atoms with Crippen molar-refractivity contribution in [3.63, 3.8) is 0 Å². The summed E-state index contributed by atoms with van der Waals surface area (Å²) >= 11 is 0. The standard InChI is InChI=1S/C20H30N2O4/c1-21-9-11-22(12-10-21)13-15-25-17-19(23)16-20(24)26-14-5-8-18-6-3-2-4-7-18/h2-4,6-7H,5,8-17H2,1H3. The number of rotatable bonds is 11. The number of esters is 1. The summed E-state index contributed by atoms with van der Waals surface area (Å²) in [4.78, 5) is 28.0. The minimum absolute atomic E-state index is 0.0210. The van der Waals surface area contributed by atoms with Crippen LogP contribution >= 0.6 is 0 Å². The molecule has 1 aromatic carbocycles. The zero-order valence-corrected chi connectivity index (χ0v) is 15.7. The van der Waals surface area contributed by atoms with E-state index in [0.29, 0.717) is 13.2 Å². The average molecular weight is 362 g/mol. The van der Waals surface area contributed by atoms with Crippen LogP contribution in [0.3, 0.4) is 0 Å². The molecule has 0 aromatic heterocycles. The lowest BCUT2D eigenvalue weighted by Gasteiger charge is -2.32. The molecule has 1 saturated heterocycles. The van der Waals surface area contributed by atoms with Gasteiger partial charge in [0.2, 0.25) is 0 Å². The molecule has 26 heavy (non-hydrogen) atoms. The monoisotopic (exact) mass is 362 g/mol. The fourth-order valence-corrected chi connectivity index (χ4v) is 2.82. The van der Waals surface area contributed by atoms with E-state index in [1.54, 1.807) is 0 Å². The van der Waals surface area contributed by atoms with Crippen LogP contribution in [0.1, 0.15) is 18.4 Å². The van der Waals surface area contributed by atoms with Crippen molar-refractivity contribution >= 4 is 11.8 Å². The maximum Gasteiger partial charge on any atom is 0.313 e.